The van der Waals surface area contributed by atoms with Crippen molar-refractivity contribution in [2.75, 3.05) is 26.4 Å². The van der Waals surface area contributed by atoms with Crippen LogP contribution < -0.4 is 14.2 Å². The number of aryl methyl sites for hydroxylation is 2. The Morgan fingerprint density at radius 2 is 1.83 bits per heavy atom. The van der Waals surface area contributed by atoms with E-state index in [0.717, 1.165) is 61.5 Å². The van der Waals surface area contributed by atoms with Gasteiger partial charge in [-0.05, 0) is 73.1 Å². The van der Waals surface area contributed by atoms with Crippen molar-refractivity contribution in [2.45, 2.75) is 44.6 Å². The molecule has 0 bridgehead atoms. The molecule has 0 spiro atoms. The number of ether oxygens (including phenoxy) is 3. The Hall–Kier alpha value is -2.69. The van der Waals surface area contributed by atoms with E-state index in [0.29, 0.717) is 13.2 Å². The molecule has 1 saturated heterocycles. The van der Waals surface area contributed by atoms with Gasteiger partial charge in [0.15, 0.2) is 18.1 Å². The molecule has 1 aliphatic carbocycles. The molecular weight excluding hydrogens is 366 g/mol. The summed E-state index contributed by atoms with van der Waals surface area (Å²) in [6.45, 7) is 2.20. The second-order valence-electron chi connectivity index (χ2n) is 8.07. The lowest BCUT2D eigenvalue weighted by Crippen LogP contribution is -2.34. The summed E-state index contributed by atoms with van der Waals surface area (Å²) in [4.78, 5) is 14.9. The lowest BCUT2D eigenvalue weighted by molar-refractivity contribution is -0.134. The van der Waals surface area contributed by atoms with Gasteiger partial charge in [-0.3, -0.25) is 4.79 Å². The molecule has 3 aliphatic rings. The molecule has 0 aromatic heterocycles. The van der Waals surface area contributed by atoms with Crippen LogP contribution in [-0.4, -0.2) is 37.2 Å². The van der Waals surface area contributed by atoms with Gasteiger partial charge in [0.25, 0.3) is 5.91 Å². The molecule has 5 heteroatoms. The zero-order valence-electron chi connectivity index (χ0n) is 16.7. The van der Waals surface area contributed by atoms with Crippen molar-refractivity contribution >= 4 is 5.91 Å². The van der Waals surface area contributed by atoms with Crippen LogP contribution in [0, 0.1) is 0 Å². The first-order valence-corrected chi connectivity index (χ1v) is 10.7. The van der Waals surface area contributed by atoms with Crippen molar-refractivity contribution in [2.24, 2.45) is 0 Å². The largest absolute Gasteiger partial charge is 0.490 e. The fourth-order valence-electron chi connectivity index (χ4n) is 4.66. The SMILES string of the molecule is O=C(COc1ccc2c(c1)CCC2)N1CCC[C@@H]1c1ccc2c(c1)OCCCO2. The van der Waals surface area contributed by atoms with Crippen LogP contribution in [-0.2, 0) is 17.6 Å². The van der Waals surface area contributed by atoms with E-state index in [1.165, 1.54) is 17.5 Å². The first kappa shape index (κ1) is 18.3. The zero-order valence-corrected chi connectivity index (χ0v) is 16.7. The van der Waals surface area contributed by atoms with Gasteiger partial charge in [-0.2, -0.15) is 0 Å². The van der Waals surface area contributed by atoms with Crippen molar-refractivity contribution in [3.8, 4) is 17.2 Å². The summed E-state index contributed by atoms with van der Waals surface area (Å²) >= 11 is 0. The second kappa shape index (κ2) is 7.97. The fraction of sp³-hybridized carbons (Fsp3) is 0.458. The summed E-state index contributed by atoms with van der Waals surface area (Å²) < 4.78 is 17.4. The Morgan fingerprint density at radius 1 is 0.966 bits per heavy atom. The quantitative estimate of drug-likeness (QED) is 0.785. The Balaban J connectivity index is 1.26. The van der Waals surface area contributed by atoms with Gasteiger partial charge in [-0.1, -0.05) is 12.1 Å². The molecule has 1 atom stereocenters. The zero-order chi connectivity index (χ0) is 19.6. The number of carbonyl (C=O) groups excluding carboxylic acids is 1. The van der Waals surface area contributed by atoms with Crippen molar-refractivity contribution in [1.29, 1.82) is 0 Å². The number of carbonyl (C=O) groups is 1. The highest BCUT2D eigenvalue weighted by Crippen LogP contribution is 2.38. The highest BCUT2D eigenvalue weighted by molar-refractivity contribution is 5.78. The molecule has 0 radical (unpaired) electrons. The third-order valence-electron chi connectivity index (χ3n) is 6.16. The lowest BCUT2D eigenvalue weighted by Gasteiger charge is -2.25. The number of hydrogen-bond acceptors (Lipinski definition) is 4. The van der Waals surface area contributed by atoms with E-state index >= 15 is 0 Å². The van der Waals surface area contributed by atoms with Crippen LogP contribution in [0.5, 0.6) is 17.2 Å². The summed E-state index contributed by atoms with van der Waals surface area (Å²) in [7, 11) is 0. The Morgan fingerprint density at radius 3 is 2.76 bits per heavy atom. The maximum absolute atomic E-state index is 12.9. The van der Waals surface area contributed by atoms with Crippen LogP contribution in [0.3, 0.4) is 0 Å². The topological polar surface area (TPSA) is 48.0 Å². The number of likely N-dealkylation sites (tertiary alicyclic amines) is 1. The van der Waals surface area contributed by atoms with Crippen molar-refractivity contribution in [3.63, 3.8) is 0 Å². The van der Waals surface area contributed by atoms with Gasteiger partial charge in [0, 0.05) is 13.0 Å². The molecular formula is C24H27NO4. The van der Waals surface area contributed by atoms with Crippen LogP contribution in [0.25, 0.3) is 0 Å². The van der Waals surface area contributed by atoms with Gasteiger partial charge in [-0.15, -0.1) is 0 Å². The van der Waals surface area contributed by atoms with Crippen molar-refractivity contribution in [1.82, 2.24) is 4.90 Å². The number of nitrogens with zero attached hydrogens (tertiary/aromatic N) is 1. The molecule has 152 valence electrons. The average Bonchev–Trinajstić information content (AvgIpc) is 3.36. The maximum Gasteiger partial charge on any atom is 0.261 e. The van der Waals surface area contributed by atoms with Gasteiger partial charge in [-0.25, -0.2) is 0 Å². The van der Waals surface area contributed by atoms with Gasteiger partial charge in [0.2, 0.25) is 0 Å². The average molecular weight is 393 g/mol. The number of rotatable bonds is 4. The van der Waals surface area contributed by atoms with Crippen LogP contribution in [0.4, 0.5) is 0 Å². The standard InChI is InChI=1S/C24H27NO4/c26-24(16-29-20-9-7-17-4-1-5-18(17)14-20)25-11-2-6-21(25)19-8-10-22-23(15-19)28-13-3-12-27-22/h7-10,14-15,21H,1-6,11-13,16H2/t21-/m1/s1. The first-order chi connectivity index (χ1) is 14.3. The van der Waals surface area contributed by atoms with E-state index < -0.39 is 0 Å². The molecule has 2 heterocycles. The highest BCUT2D eigenvalue weighted by Gasteiger charge is 2.31. The highest BCUT2D eigenvalue weighted by atomic mass is 16.5. The Bertz CT molecular complexity index is 910. The van der Waals surface area contributed by atoms with E-state index in [1.807, 2.05) is 23.1 Å². The van der Waals surface area contributed by atoms with E-state index in [1.54, 1.807) is 0 Å². The Labute approximate surface area is 171 Å². The molecule has 2 aromatic rings. The monoisotopic (exact) mass is 393 g/mol. The second-order valence-corrected chi connectivity index (χ2v) is 8.07. The van der Waals surface area contributed by atoms with E-state index in [4.69, 9.17) is 14.2 Å². The minimum Gasteiger partial charge on any atom is -0.490 e. The molecule has 5 nitrogen and oxygen atoms in total. The van der Waals surface area contributed by atoms with E-state index in [9.17, 15) is 4.79 Å². The van der Waals surface area contributed by atoms with Gasteiger partial charge >= 0.3 is 0 Å². The molecule has 2 aromatic carbocycles. The fourth-order valence-corrected chi connectivity index (χ4v) is 4.66. The lowest BCUT2D eigenvalue weighted by atomic mass is 10.0. The van der Waals surface area contributed by atoms with Gasteiger partial charge < -0.3 is 19.1 Å². The van der Waals surface area contributed by atoms with Crippen molar-refractivity contribution < 1.29 is 19.0 Å². The third-order valence-corrected chi connectivity index (χ3v) is 6.16. The van der Waals surface area contributed by atoms with Crippen molar-refractivity contribution in [3.05, 3.63) is 53.1 Å². The molecule has 1 amide bonds. The number of fused-ring (bicyclic) bond motifs is 2. The minimum absolute atomic E-state index is 0.0418. The number of amides is 1. The predicted molar refractivity (Wildman–Crippen MR) is 110 cm³/mol. The Kier molecular flexibility index (Phi) is 5.04. The van der Waals surface area contributed by atoms with Crippen LogP contribution >= 0.6 is 0 Å². The molecule has 0 saturated carbocycles. The summed E-state index contributed by atoms with van der Waals surface area (Å²) in [5, 5.41) is 0. The molecule has 2 aliphatic heterocycles. The maximum atomic E-state index is 12.9. The van der Waals surface area contributed by atoms with Crippen LogP contribution in [0.15, 0.2) is 36.4 Å². The number of hydrogen-bond donors (Lipinski definition) is 0. The molecule has 5 rings (SSSR count). The van der Waals surface area contributed by atoms with Gasteiger partial charge in [0.1, 0.15) is 5.75 Å². The third kappa shape index (κ3) is 3.78. The molecule has 1 fully saturated rings. The normalized spacial score (nSPS) is 20.3. The first-order valence-electron chi connectivity index (χ1n) is 10.7. The summed E-state index contributed by atoms with van der Waals surface area (Å²) in [6.07, 6.45) is 6.33. The van der Waals surface area contributed by atoms with E-state index in [2.05, 4.69) is 18.2 Å². The summed E-state index contributed by atoms with van der Waals surface area (Å²) in [5.74, 6) is 2.42. The smallest absolute Gasteiger partial charge is 0.261 e. The number of benzene rings is 2. The summed E-state index contributed by atoms with van der Waals surface area (Å²) in [6, 6.07) is 12.4. The molecule has 0 unspecified atom stereocenters. The predicted octanol–water partition coefficient (Wildman–Crippen LogP) is 4.08. The van der Waals surface area contributed by atoms with Crippen LogP contribution in [0.1, 0.15) is 48.4 Å². The van der Waals surface area contributed by atoms with Crippen LogP contribution in [0.2, 0.25) is 0 Å². The minimum atomic E-state index is 0.0418. The van der Waals surface area contributed by atoms with E-state index in [-0.39, 0.29) is 18.6 Å². The molecule has 29 heavy (non-hydrogen) atoms. The van der Waals surface area contributed by atoms with Gasteiger partial charge in [0.05, 0.1) is 19.3 Å². The molecule has 0 N–H and O–H groups in total. The summed E-state index contributed by atoms with van der Waals surface area (Å²) in [5.41, 5.74) is 3.89.